The summed E-state index contributed by atoms with van der Waals surface area (Å²) in [5.41, 5.74) is 0.949. The number of rotatable bonds is 6. The molecular weight excluding hydrogens is 414 g/mol. The van der Waals surface area contributed by atoms with Crippen LogP contribution in [0.5, 0.6) is 0 Å². The van der Waals surface area contributed by atoms with Crippen LogP contribution in [0, 0.1) is 5.82 Å². The highest BCUT2D eigenvalue weighted by Gasteiger charge is 2.10. The summed E-state index contributed by atoms with van der Waals surface area (Å²) in [6.07, 6.45) is 2.34. The number of halogens is 3. The number of carbonyl (C=O) groups is 1. The summed E-state index contributed by atoms with van der Waals surface area (Å²) in [7, 11) is 0. The topological polar surface area (TPSA) is 42.0 Å². The fourth-order valence-corrected chi connectivity index (χ4v) is 4.16. The Bertz CT molecular complexity index is 916. The first kappa shape index (κ1) is 19.2. The molecule has 0 aliphatic carbocycles. The van der Waals surface area contributed by atoms with E-state index in [1.54, 1.807) is 30.5 Å². The zero-order valence-electron chi connectivity index (χ0n) is 13.3. The van der Waals surface area contributed by atoms with Gasteiger partial charge in [0.25, 0.3) is 0 Å². The van der Waals surface area contributed by atoms with Crippen LogP contribution in [0.1, 0.15) is 10.4 Å². The van der Waals surface area contributed by atoms with E-state index in [2.05, 4.69) is 10.3 Å². The van der Waals surface area contributed by atoms with Crippen LogP contribution in [0.15, 0.2) is 53.6 Å². The summed E-state index contributed by atoms with van der Waals surface area (Å²) in [6.45, 7) is 0. The van der Waals surface area contributed by atoms with Gasteiger partial charge in [-0.3, -0.25) is 4.79 Å². The lowest BCUT2D eigenvalue weighted by molar-refractivity contribution is -0.113. The van der Waals surface area contributed by atoms with Crippen LogP contribution in [0.3, 0.4) is 0 Å². The third-order valence-corrected chi connectivity index (χ3v) is 5.88. The van der Waals surface area contributed by atoms with Crippen LogP contribution in [0.25, 0.3) is 0 Å². The summed E-state index contributed by atoms with van der Waals surface area (Å²) < 4.78 is 12.9. The predicted octanol–water partition coefficient (Wildman–Crippen LogP) is 5.91. The minimum Gasteiger partial charge on any atom is -0.301 e. The molecule has 0 aliphatic rings. The smallest absolute Gasteiger partial charge is 0.236 e. The van der Waals surface area contributed by atoms with E-state index in [4.69, 9.17) is 23.2 Å². The first-order valence-corrected chi connectivity index (χ1v) is 10.1. The first-order valence-electron chi connectivity index (χ1n) is 7.56. The molecule has 3 rings (SSSR count). The van der Waals surface area contributed by atoms with E-state index in [9.17, 15) is 9.18 Å². The molecule has 134 valence electrons. The van der Waals surface area contributed by atoms with E-state index < -0.39 is 0 Å². The summed E-state index contributed by atoms with van der Waals surface area (Å²) in [5, 5.41) is 4.51. The van der Waals surface area contributed by atoms with Crippen LogP contribution >= 0.6 is 46.3 Å². The van der Waals surface area contributed by atoms with Crippen LogP contribution in [-0.4, -0.2) is 16.6 Å². The molecule has 0 saturated heterocycles. The summed E-state index contributed by atoms with van der Waals surface area (Å²) in [5.74, 6) is -0.233. The molecule has 1 amide bonds. The van der Waals surface area contributed by atoms with Crippen molar-refractivity contribution in [3.05, 3.63) is 75.0 Å². The van der Waals surface area contributed by atoms with Gasteiger partial charge in [0.1, 0.15) is 5.82 Å². The molecule has 0 saturated carbocycles. The number of amides is 1. The van der Waals surface area contributed by atoms with Gasteiger partial charge in [-0.25, -0.2) is 9.37 Å². The van der Waals surface area contributed by atoms with Gasteiger partial charge in [0.15, 0.2) is 5.13 Å². The van der Waals surface area contributed by atoms with Crippen molar-refractivity contribution in [3.8, 4) is 0 Å². The molecule has 0 aliphatic heterocycles. The number of hydrogen-bond donors (Lipinski definition) is 1. The molecule has 26 heavy (non-hydrogen) atoms. The minimum atomic E-state index is -0.296. The largest absolute Gasteiger partial charge is 0.301 e. The van der Waals surface area contributed by atoms with E-state index >= 15 is 0 Å². The number of nitrogens with one attached hydrogen (secondary N) is 1. The van der Waals surface area contributed by atoms with E-state index in [0.29, 0.717) is 21.6 Å². The second-order valence-electron chi connectivity index (χ2n) is 5.34. The lowest BCUT2D eigenvalue weighted by Crippen LogP contribution is -2.13. The predicted molar refractivity (Wildman–Crippen MR) is 107 cm³/mol. The molecule has 3 aromatic rings. The van der Waals surface area contributed by atoms with E-state index in [1.165, 1.54) is 35.2 Å². The molecule has 1 N–H and O–H groups in total. The van der Waals surface area contributed by atoms with Crippen LogP contribution < -0.4 is 5.32 Å². The lowest BCUT2D eigenvalue weighted by Gasteiger charge is -2.03. The number of nitrogens with zero attached hydrogens (tertiary/aromatic N) is 1. The van der Waals surface area contributed by atoms with Gasteiger partial charge in [-0.05, 0) is 42.0 Å². The number of benzene rings is 2. The summed E-state index contributed by atoms with van der Waals surface area (Å²) >= 11 is 14.8. The van der Waals surface area contributed by atoms with Gasteiger partial charge in [0.2, 0.25) is 5.91 Å². The van der Waals surface area contributed by atoms with E-state index in [0.717, 1.165) is 15.3 Å². The number of hydrogen-bond acceptors (Lipinski definition) is 4. The van der Waals surface area contributed by atoms with Crippen molar-refractivity contribution in [1.82, 2.24) is 4.98 Å². The standard InChI is InChI=1S/C18H13Cl2FN2OS2/c19-12-2-1-11(16(20)8-12)7-15-9-22-18(26-15)23-17(24)10-25-14-5-3-13(21)4-6-14/h1-6,8-9H,7,10H2,(H,22,23,24). The Morgan fingerprint density at radius 1 is 1.19 bits per heavy atom. The van der Waals surface area contributed by atoms with Gasteiger partial charge >= 0.3 is 0 Å². The molecule has 8 heteroatoms. The zero-order valence-corrected chi connectivity index (χ0v) is 16.5. The molecular formula is C18H13Cl2FN2OS2. The molecule has 1 aromatic heterocycles. The third kappa shape index (κ3) is 5.45. The average Bonchev–Trinajstić information content (AvgIpc) is 3.04. The number of aromatic nitrogens is 1. The van der Waals surface area contributed by atoms with Crippen molar-refractivity contribution in [2.24, 2.45) is 0 Å². The molecule has 2 aromatic carbocycles. The lowest BCUT2D eigenvalue weighted by atomic mass is 10.1. The fraction of sp³-hybridized carbons (Fsp3) is 0.111. The maximum absolute atomic E-state index is 12.9. The monoisotopic (exact) mass is 426 g/mol. The van der Waals surface area contributed by atoms with Gasteiger partial charge in [0.05, 0.1) is 5.75 Å². The van der Waals surface area contributed by atoms with Gasteiger partial charge in [-0.15, -0.1) is 23.1 Å². The number of anilines is 1. The van der Waals surface area contributed by atoms with Crippen LogP contribution in [-0.2, 0) is 11.2 Å². The third-order valence-electron chi connectivity index (χ3n) is 3.36. The van der Waals surface area contributed by atoms with Crippen molar-refractivity contribution in [3.63, 3.8) is 0 Å². The van der Waals surface area contributed by atoms with Gasteiger partial charge in [0, 0.05) is 32.4 Å². The van der Waals surface area contributed by atoms with Crippen LogP contribution in [0.4, 0.5) is 9.52 Å². The Kier molecular flexibility index (Phi) is 6.53. The molecule has 0 fully saturated rings. The maximum Gasteiger partial charge on any atom is 0.236 e. The molecule has 0 bridgehead atoms. The van der Waals surface area contributed by atoms with Crippen molar-refractivity contribution in [1.29, 1.82) is 0 Å². The normalized spacial score (nSPS) is 10.7. The van der Waals surface area contributed by atoms with Gasteiger partial charge in [-0.2, -0.15) is 0 Å². The highest BCUT2D eigenvalue weighted by molar-refractivity contribution is 8.00. The fourth-order valence-electron chi connectivity index (χ4n) is 2.13. The highest BCUT2D eigenvalue weighted by Crippen LogP contribution is 2.27. The second kappa shape index (κ2) is 8.86. The van der Waals surface area contributed by atoms with Gasteiger partial charge < -0.3 is 5.32 Å². The quantitative estimate of drug-likeness (QED) is 0.498. The Morgan fingerprint density at radius 3 is 2.69 bits per heavy atom. The Morgan fingerprint density at radius 2 is 1.96 bits per heavy atom. The van der Waals surface area contributed by atoms with Crippen molar-refractivity contribution >= 4 is 57.3 Å². The second-order valence-corrected chi connectivity index (χ2v) is 8.34. The van der Waals surface area contributed by atoms with E-state index in [-0.39, 0.29) is 17.5 Å². The molecule has 0 spiro atoms. The molecule has 1 heterocycles. The molecule has 0 atom stereocenters. The first-order chi connectivity index (χ1) is 12.5. The number of thiazole rings is 1. The van der Waals surface area contributed by atoms with Crippen molar-refractivity contribution in [2.75, 3.05) is 11.1 Å². The molecule has 0 unspecified atom stereocenters. The SMILES string of the molecule is O=C(CSc1ccc(F)cc1)Nc1ncc(Cc2ccc(Cl)cc2Cl)s1. The zero-order chi connectivity index (χ0) is 18.5. The summed E-state index contributed by atoms with van der Waals surface area (Å²) in [4.78, 5) is 18.1. The summed E-state index contributed by atoms with van der Waals surface area (Å²) in [6, 6.07) is 11.4. The molecule has 3 nitrogen and oxygen atoms in total. The molecule has 0 radical (unpaired) electrons. The Labute approximate surface area is 168 Å². The maximum atomic E-state index is 12.9. The number of carbonyl (C=O) groups excluding carboxylic acids is 1. The Balaban J connectivity index is 1.54. The minimum absolute atomic E-state index is 0.162. The average molecular weight is 427 g/mol. The van der Waals surface area contributed by atoms with Crippen molar-refractivity contribution in [2.45, 2.75) is 11.3 Å². The van der Waals surface area contributed by atoms with Gasteiger partial charge in [-0.1, -0.05) is 29.3 Å². The van der Waals surface area contributed by atoms with Crippen LogP contribution in [0.2, 0.25) is 10.0 Å². The van der Waals surface area contributed by atoms with E-state index in [1.807, 2.05) is 6.07 Å². The highest BCUT2D eigenvalue weighted by atomic mass is 35.5. The Hall–Kier alpha value is -1.60. The van der Waals surface area contributed by atoms with Crippen molar-refractivity contribution < 1.29 is 9.18 Å². The number of thioether (sulfide) groups is 1.